The van der Waals surface area contributed by atoms with E-state index in [0.29, 0.717) is 23.0 Å². The van der Waals surface area contributed by atoms with Crippen LogP contribution in [0.4, 0.5) is 5.69 Å². The van der Waals surface area contributed by atoms with Crippen molar-refractivity contribution in [3.8, 4) is 11.5 Å². The molecule has 2 N–H and O–H groups in total. The van der Waals surface area contributed by atoms with Crippen LogP contribution in [-0.2, 0) is 0 Å². The van der Waals surface area contributed by atoms with Crippen molar-refractivity contribution in [2.24, 2.45) is 10.7 Å². The van der Waals surface area contributed by atoms with Gasteiger partial charge in [-0.2, -0.15) is 0 Å². The van der Waals surface area contributed by atoms with Gasteiger partial charge in [0.15, 0.2) is 5.58 Å². The van der Waals surface area contributed by atoms with E-state index in [1.165, 1.54) is 0 Å². The topological polar surface area (TPSA) is 64.4 Å². The fraction of sp³-hybridized carbons (Fsp3) is 0.0667. The largest absolute Gasteiger partial charge is 0.436 e. The zero-order valence-electron chi connectivity index (χ0n) is 10.9. The summed E-state index contributed by atoms with van der Waals surface area (Å²) in [5, 5.41) is 0. The summed E-state index contributed by atoms with van der Waals surface area (Å²) in [5.74, 6) is 1.14. The van der Waals surface area contributed by atoms with E-state index >= 15 is 0 Å². The Morgan fingerprint density at radius 1 is 1.24 bits per heavy atom. The summed E-state index contributed by atoms with van der Waals surface area (Å²) in [4.78, 5) is 8.68. The third kappa shape index (κ3) is 3.09. The molecule has 3 aromatic rings. The first-order valence-electron chi connectivity index (χ1n) is 6.21. The van der Waals surface area contributed by atoms with Crippen molar-refractivity contribution < 1.29 is 4.42 Å². The number of amidine groups is 1. The average Bonchev–Trinajstić information content (AvgIpc) is 2.91. The van der Waals surface area contributed by atoms with Crippen molar-refractivity contribution in [2.45, 2.75) is 0 Å². The number of nitrogens with zero attached hydrogens (tertiary/aromatic N) is 2. The minimum Gasteiger partial charge on any atom is -0.436 e. The molecule has 1 heterocycles. The van der Waals surface area contributed by atoms with Crippen LogP contribution in [0, 0.1) is 0 Å². The van der Waals surface area contributed by atoms with Gasteiger partial charge in [-0.3, -0.25) is 0 Å². The van der Waals surface area contributed by atoms with Gasteiger partial charge in [-0.15, -0.1) is 11.6 Å². The summed E-state index contributed by atoms with van der Waals surface area (Å²) in [6.07, 6.45) is 0. The standard InChI is InChI=1S/C15H11BrClN3O/c16-10-3-1-9(2-4-10)15-20-12-7-11(19-14(18)8-17)5-6-13(12)21-15/h1-7H,8H2,(H2,18,19). The average molecular weight is 365 g/mol. The first-order valence-corrected chi connectivity index (χ1v) is 7.54. The van der Waals surface area contributed by atoms with Crippen molar-refractivity contribution in [1.82, 2.24) is 4.98 Å². The van der Waals surface area contributed by atoms with Crippen LogP contribution in [0.15, 0.2) is 56.3 Å². The maximum atomic E-state index is 5.75. The molecule has 0 spiro atoms. The first kappa shape index (κ1) is 14.1. The highest BCUT2D eigenvalue weighted by Crippen LogP contribution is 2.27. The Balaban J connectivity index is 2.02. The number of hydrogen-bond donors (Lipinski definition) is 1. The second-order valence-corrected chi connectivity index (χ2v) is 5.60. The van der Waals surface area contributed by atoms with Gasteiger partial charge in [0.1, 0.15) is 11.4 Å². The van der Waals surface area contributed by atoms with Gasteiger partial charge in [0.2, 0.25) is 5.89 Å². The molecule has 0 bridgehead atoms. The molecule has 2 aromatic carbocycles. The van der Waals surface area contributed by atoms with Gasteiger partial charge in [-0.25, -0.2) is 9.98 Å². The summed E-state index contributed by atoms with van der Waals surface area (Å²) in [6, 6.07) is 13.2. The highest BCUT2D eigenvalue weighted by Gasteiger charge is 2.08. The Bertz CT molecular complexity index is 811. The summed E-state index contributed by atoms with van der Waals surface area (Å²) >= 11 is 9.03. The third-order valence-corrected chi connectivity index (χ3v) is 3.67. The fourth-order valence-corrected chi connectivity index (χ4v) is 2.22. The fourth-order valence-electron chi connectivity index (χ4n) is 1.90. The number of alkyl halides is 1. The Labute approximate surface area is 134 Å². The van der Waals surface area contributed by atoms with Gasteiger partial charge >= 0.3 is 0 Å². The molecule has 4 nitrogen and oxygen atoms in total. The molecule has 1 aromatic heterocycles. The normalized spacial score (nSPS) is 12.0. The molecule has 6 heteroatoms. The van der Waals surface area contributed by atoms with E-state index in [9.17, 15) is 0 Å². The molecule has 0 atom stereocenters. The summed E-state index contributed by atoms with van der Waals surface area (Å²) < 4.78 is 6.76. The van der Waals surface area contributed by atoms with E-state index < -0.39 is 0 Å². The smallest absolute Gasteiger partial charge is 0.227 e. The number of fused-ring (bicyclic) bond motifs is 1. The second-order valence-electron chi connectivity index (χ2n) is 4.41. The highest BCUT2D eigenvalue weighted by molar-refractivity contribution is 9.10. The van der Waals surface area contributed by atoms with Crippen LogP contribution in [0.3, 0.4) is 0 Å². The van der Waals surface area contributed by atoms with E-state index in [4.69, 9.17) is 21.8 Å². The van der Waals surface area contributed by atoms with Gasteiger partial charge in [0.05, 0.1) is 11.6 Å². The lowest BCUT2D eigenvalue weighted by Crippen LogP contribution is -2.12. The molecule has 0 aliphatic rings. The van der Waals surface area contributed by atoms with Gasteiger partial charge in [-0.1, -0.05) is 15.9 Å². The maximum Gasteiger partial charge on any atom is 0.227 e. The molecule has 0 aliphatic heterocycles. The Hall–Kier alpha value is -1.85. The Morgan fingerprint density at radius 3 is 2.71 bits per heavy atom. The van der Waals surface area contributed by atoms with Crippen molar-refractivity contribution >= 4 is 50.2 Å². The van der Waals surface area contributed by atoms with Crippen LogP contribution in [0.1, 0.15) is 0 Å². The van der Waals surface area contributed by atoms with Gasteiger partial charge in [0, 0.05) is 10.0 Å². The number of rotatable bonds is 3. The van der Waals surface area contributed by atoms with Crippen LogP contribution in [0.5, 0.6) is 0 Å². The van der Waals surface area contributed by atoms with Gasteiger partial charge in [-0.05, 0) is 42.5 Å². The lowest BCUT2D eigenvalue weighted by Gasteiger charge is -1.95. The molecule has 0 saturated carbocycles. The number of aliphatic imine (C=N–C) groups is 1. The van der Waals surface area contributed by atoms with Crippen molar-refractivity contribution in [3.63, 3.8) is 0 Å². The molecule has 0 saturated heterocycles. The number of nitrogens with two attached hydrogens (primary N) is 1. The summed E-state index contributed by atoms with van der Waals surface area (Å²) in [5.41, 5.74) is 8.69. The van der Waals surface area contributed by atoms with E-state index in [2.05, 4.69) is 25.9 Å². The SMILES string of the molecule is NC(CCl)=Nc1ccc2oc(-c3ccc(Br)cc3)nc2c1. The van der Waals surface area contributed by atoms with Crippen LogP contribution in [0.2, 0.25) is 0 Å². The van der Waals surface area contributed by atoms with Crippen molar-refractivity contribution in [3.05, 3.63) is 46.9 Å². The summed E-state index contributed by atoms with van der Waals surface area (Å²) in [6.45, 7) is 0. The molecular formula is C15H11BrClN3O. The monoisotopic (exact) mass is 363 g/mol. The predicted octanol–water partition coefficient (Wildman–Crippen LogP) is 4.48. The van der Waals surface area contributed by atoms with Crippen molar-refractivity contribution in [2.75, 3.05) is 5.88 Å². The molecule has 0 amide bonds. The molecular weight excluding hydrogens is 354 g/mol. The molecule has 21 heavy (non-hydrogen) atoms. The molecule has 0 radical (unpaired) electrons. The van der Waals surface area contributed by atoms with E-state index in [1.807, 2.05) is 42.5 Å². The minimum atomic E-state index is 0.195. The van der Waals surface area contributed by atoms with E-state index in [0.717, 1.165) is 15.6 Å². The second kappa shape index (κ2) is 5.87. The lowest BCUT2D eigenvalue weighted by molar-refractivity contribution is 0.620. The molecule has 3 rings (SSSR count). The van der Waals surface area contributed by atoms with Crippen LogP contribution in [-0.4, -0.2) is 16.7 Å². The zero-order valence-corrected chi connectivity index (χ0v) is 13.2. The molecule has 0 unspecified atom stereocenters. The predicted molar refractivity (Wildman–Crippen MR) is 89.1 cm³/mol. The van der Waals surface area contributed by atoms with Crippen LogP contribution in [0.25, 0.3) is 22.6 Å². The molecule has 0 fully saturated rings. The van der Waals surface area contributed by atoms with Crippen molar-refractivity contribution in [1.29, 1.82) is 0 Å². The Kier molecular flexibility index (Phi) is 3.94. The first-order chi connectivity index (χ1) is 10.2. The van der Waals surface area contributed by atoms with Gasteiger partial charge < -0.3 is 10.2 Å². The highest BCUT2D eigenvalue weighted by atomic mass is 79.9. The molecule has 106 valence electrons. The lowest BCUT2D eigenvalue weighted by atomic mass is 10.2. The zero-order chi connectivity index (χ0) is 14.8. The minimum absolute atomic E-state index is 0.195. The number of aromatic nitrogens is 1. The number of hydrogen-bond acceptors (Lipinski definition) is 3. The Morgan fingerprint density at radius 2 is 2.00 bits per heavy atom. The summed E-state index contributed by atoms with van der Waals surface area (Å²) in [7, 11) is 0. The number of benzene rings is 2. The van der Waals surface area contributed by atoms with E-state index in [1.54, 1.807) is 0 Å². The van der Waals surface area contributed by atoms with Crippen LogP contribution < -0.4 is 5.73 Å². The number of halogens is 2. The van der Waals surface area contributed by atoms with E-state index in [-0.39, 0.29) is 5.88 Å². The third-order valence-electron chi connectivity index (χ3n) is 2.87. The maximum absolute atomic E-state index is 5.75. The quantitative estimate of drug-likeness (QED) is 0.423. The number of oxazole rings is 1. The van der Waals surface area contributed by atoms with Gasteiger partial charge in [0.25, 0.3) is 0 Å². The molecule has 0 aliphatic carbocycles. The van der Waals surface area contributed by atoms with Crippen LogP contribution >= 0.6 is 27.5 Å².